The highest BCUT2D eigenvalue weighted by Crippen LogP contribution is 2.14. The van der Waals surface area contributed by atoms with Crippen molar-refractivity contribution in [2.24, 2.45) is 0 Å². The number of carbonyl (C=O) groups is 1. The van der Waals surface area contributed by atoms with Gasteiger partial charge in [-0.1, -0.05) is 12.1 Å². The summed E-state index contributed by atoms with van der Waals surface area (Å²) in [6.07, 6.45) is -0.135. The van der Waals surface area contributed by atoms with Gasteiger partial charge in [-0.15, -0.1) is 0 Å². The normalized spacial score (nSPS) is 12.2. The first-order chi connectivity index (χ1) is 12.7. The molecule has 0 heterocycles. The molecule has 0 aromatic heterocycles. The molecule has 0 aliphatic heterocycles. The number of amides is 1. The Morgan fingerprint density at radius 2 is 1.81 bits per heavy atom. The van der Waals surface area contributed by atoms with Crippen LogP contribution in [0, 0.1) is 23.0 Å². The largest absolute Gasteiger partial charge is 0.350 e. The third kappa shape index (κ3) is 5.57. The van der Waals surface area contributed by atoms with Gasteiger partial charge in [0.15, 0.2) is 11.6 Å². The van der Waals surface area contributed by atoms with Crippen LogP contribution in [-0.2, 0) is 14.8 Å². The highest BCUT2D eigenvalue weighted by Gasteiger charge is 2.17. The predicted molar refractivity (Wildman–Crippen MR) is 93.9 cm³/mol. The summed E-state index contributed by atoms with van der Waals surface area (Å²) in [6.45, 7) is 1.55. The lowest BCUT2D eigenvalue weighted by Crippen LogP contribution is -2.32. The molecule has 0 saturated carbocycles. The van der Waals surface area contributed by atoms with Crippen molar-refractivity contribution in [2.75, 3.05) is 6.54 Å². The minimum Gasteiger partial charge on any atom is -0.350 e. The molecule has 1 unspecified atom stereocenters. The van der Waals surface area contributed by atoms with Crippen molar-refractivity contribution in [3.8, 4) is 6.07 Å². The van der Waals surface area contributed by atoms with E-state index in [0.29, 0.717) is 11.6 Å². The number of halogens is 2. The van der Waals surface area contributed by atoms with Gasteiger partial charge in [0.1, 0.15) is 0 Å². The summed E-state index contributed by atoms with van der Waals surface area (Å²) >= 11 is 0. The lowest BCUT2D eigenvalue weighted by Gasteiger charge is -2.14. The summed E-state index contributed by atoms with van der Waals surface area (Å²) in [5.41, 5.74) is 1.30. The number of nitriles is 1. The van der Waals surface area contributed by atoms with Gasteiger partial charge in [-0.2, -0.15) is 5.26 Å². The molecule has 0 saturated heterocycles. The maximum Gasteiger partial charge on any atom is 0.240 e. The lowest BCUT2D eigenvalue weighted by molar-refractivity contribution is -0.121. The fraction of sp³-hybridized carbons (Fsp3) is 0.222. The zero-order valence-electron chi connectivity index (χ0n) is 14.4. The number of rotatable bonds is 7. The molecule has 0 bridgehead atoms. The minimum atomic E-state index is -4.05. The number of sulfonamides is 1. The molecule has 142 valence electrons. The molecule has 0 spiro atoms. The van der Waals surface area contributed by atoms with E-state index in [4.69, 9.17) is 5.26 Å². The SMILES string of the molecule is CC(NC(=O)CCNS(=O)(=O)c1ccc(F)c(F)c1)c1ccc(C#N)cc1. The molecule has 6 nitrogen and oxygen atoms in total. The third-order valence-electron chi connectivity index (χ3n) is 3.76. The number of carbonyl (C=O) groups excluding carboxylic acids is 1. The number of nitrogens with zero attached hydrogens (tertiary/aromatic N) is 1. The van der Waals surface area contributed by atoms with Gasteiger partial charge in [-0.05, 0) is 42.8 Å². The van der Waals surface area contributed by atoms with Crippen LogP contribution in [0.25, 0.3) is 0 Å². The average molecular weight is 393 g/mol. The maximum atomic E-state index is 13.2. The molecule has 1 atom stereocenters. The summed E-state index contributed by atoms with van der Waals surface area (Å²) in [5, 5.41) is 11.5. The van der Waals surface area contributed by atoms with Gasteiger partial charge in [0, 0.05) is 13.0 Å². The van der Waals surface area contributed by atoms with Crippen LogP contribution in [0.3, 0.4) is 0 Å². The van der Waals surface area contributed by atoms with E-state index in [2.05, 4.69) is 10.0 Å². The van der Waals surface area contributed by atoms with E-state index >= 15 is 0 Å². The fourth-order valence-electron chi connectivity index (χ4n) is 2.27. The first-order valence-corrected chi connectivity index (χ1v) is 9.45. The van der Waals surface area contributed by atoms with Gasteiger partial charge in [0.2, 0.25) is 15.9 Å². The molecule has 2 aromatic carbocycles. The van der Waals surface area contributed by atoms with E-state index in [0.717, 1.165) is 17.7 Å². The molecule has 1 amide bonds. The van der Waals surface area contributed by atoms with Crippen molar-refractivity contribution in [1.82, 2.24) is 10.0 Å². The number of hydrogen-bond acceptors (Lipinski definition) is 4. The van der Waals surface area contributed by atoms with Crippen molar-refractivity contribution < 1.29 is 22.0 Å². The van der Waals surface area contributed by atoms with Crippen molar-refractivity contribution in [2.45, 2.75) is 24.3 Å². The third-order valence-corrected chi connectivity index (χ3v) is 5.22. The average Bonchev–Trinajstić information content (AvgIpc) is 2.63. The highest BCUT2D eigenvalue weighted by molar-refractivity contribution is 7.89. The smallest absolute Gasteiger partial charge is 0.240 e. The molecule has 27 heavy (non-hydrogen) atoms. The summed E-state index contributed by atoms with van der Waals surface area (Å²) in [6, 6.07) is 10.6. The Kier molecular flexibility index (Phi) is 6.60. The Bertz CT molecular complexity index is 970. The second-order valence-corrected chi connectivity index (χ2v) is 7.51. The first kappa shape index (κ1) is 20.5. The van der Waals surface area contributed by atoms with Crippen LogP contribution in [0.2, 0.25) is 0 Å². The molecular weight excluding hydrogens is 376 g/mol. The maximum absolute atomic E-state index is 13.2. The van der Waals surface area contributed by atoms with Crippen LogP contribution in [-0.4, -0.2) is 20.9 Å². The second-order valence-electron chi connectivity index (χ2n) is 5.75. The highest BCUT2D eigenvalue weighted by atomic mass is 32.2. The van der Waals surface area contributed by atoms with Gasteiger partial charge in [0.25, 0.3) is 0 Å². The minimum absolute atomic E-state index is 0.135. The fourth-order valence-corrected chi connectivity index (χ4v) is 3.31. The predicted octanol–water partition coefficient (Wildman–Crippen LogP) is 2.38. The van der Waals surface area contributed by atoms with E-state index in [-0.39, 0.29) is 24.9 Å². The van der Waals surface area contributed by atoms with Crippen molar-refractivity contribution in [1.29, 1.82) is 5.26 Å². The molecule has 0 fully saturated rings. The van der Waals surface area contributed by atoms with E-state index in [1.165, 1.54) is 0 Å². The standard InChI is InChI=1S/C18H17F2N3O3S/c1-12(14-4-2-13(11-21)3-5-14)23-18(24)8-9-22-27(25,26)15-6-7-16(19)17(20)10-15/h2-7,10,12,22H,8-9H2,1H3,(H,23,24). The molecule has 0 aliphatic rings. The van der Waals surface area contributed by atoms with E-state index < -0.39 is 26.6 Å². The molecule has 2 aromatic rings. The summed E-state index contributed by atoms with van der Waals surface area (Å²) in [4.78, 5) is 11.5. The second kappa shape index (κ2) is 8.70. The molecule has 2 rings (SSSR count). The van der Waals surface area contributed by atoms with Crippen LogP contribution in [0.5, 0.6) is 0 Å². The monoisotopic (exact) mass is 393 g/mol. The molecular formula is C18H17F2N3O3S. The van der Waals surface area contributed by atoms with Gasteiger partial charge in [-0.25, -0.2) is 21.9 Å². The van der Waals surface area contributed by atoms with Crippen molar-refractivity contribution >= 4 is 15.9 Å². The summed E-state index contributed by atoms with van der Waals surface area (Å²) in [7, 11) is -4.05. The molecule has 0 radical (unpaired) electrons. The number of benzene rings is 2. The van der Waals surface area contributed by atoms with Crippen LogP contribution >= 0.6 is 0 Å². The van der Waals surface area contributed by atoms with E-state index in [9.17, 15) is 22.0 Å². The Morgan fingerprint density at radius 3 is 2.41 bits per heavy atom. The van der Waals surface area contributed by atoms with E-state index in [1.807, 2.05) is 6.07 Å². The molecule has 2 N–H and O–H groups in total. The summed E-state index contributed by atoms with van der Waals surface area (Å²) < 4.78 is 52.3. The van der Waals surface area contributed by atoms with Gasteiger partial charge >= 0.3 is 0 Å². The number of nitrogens with one attached hydrogen (secondary N) is 2. The molecule has 9 heteroatoms. The van der Waals surface area contributed by atoms with Crippen LogP contribution in [0.15, 0.2) is 47.4 Å². The topological polar surface area (TPSA) is 99.1 Å². The quantitative estimate of drug-likeness (QED) is 0.754. The Balaban J connectivity index is 1.87. The van der Waals surface area contributed by atoms with Crippen LogP contribution in [0.1, 0.15) is 30.5 Å². The van der Waals surface area contributed by atoms with E-state index in [1.54, 1.807) is 31.2 Å². The molecule has 0 aliphatic carbocycles. The van der Waals surface area contributed by atoms with Crippen LogP contribution in [0.4, 0.5) is 8.78 Å². The van der Waals surface area contributed by atoms with Crippen LogP contribution < -0.4 is 10.0 Å². The zero-order valence-corrected chi connectivity index (χ0v) is 15.2. The lowest BCUT2D eigenvalue weighted by atomic mass is 10.1. The number of hydrogen-bond donors (Lipinski definition) is 2. The van der Waals surface area contributed by atoms with Crippen molar-refractivity contribution in [3.05, 3.63) is 65.2 Å². The van der Waals surface area contributed by atoms with Crippen molar-refractivity contribution in [3.63, 3.8) is 0 Å². The Hall–Kier alpha value is -2.83. The zero-order chi connectivity index (χ0) is 20.0. The van der Waals surface area contributed by atoms with Gasteiger partial charge < -0.3 is 5.32 Å². The Labute approximate surface area is 155 Å². The van der Waals surface area contributed by atoms with Gasteiger partial charge in [-0.3, -0.25) is 4.79 Å². The first-order valence-electron chi connectivity index (χ1n) is 7.97. The van der Waals surface area contributed by atoms with Gasteiger partial charge in [0.05, 0.1) is 22.6 Å². The Morgan fingerprint density at radius 1 is 1.15 bits per heavy atom. The summed E-state index contributed by atoms with van der Waals surface area (Å²) in [5.74, 6) is -2.81.